The van der Waals surface area contributed by atoms with Crippen molar-refractivity contribution < 1.29 is 8.42 Å². The van der Waals surface area contributed by atoms with Crippen LogP contribution in [0.3, 0.4) is 0 Å². The quantitative estimate of drug-likeness (QED) is 0.791. The summed E-state index contributed by atoms with van der Waals surface area (Å²) >= 11 is 0. The van der Waals surface area contributed by atoms with Crippen LogP contribution in [0, 0.1) is 0 Å². The average molecular weight is 285 g/mol. The Hall–Kier alpha value is -0.880. The summed E-state index contributed by atoms with van der Waals surface area (Å²) in [5, 5.41) is 7.66. The first-order valence-electron chi connectivity index (χ1n) is 6.90. The number of nitrogens with zero attached hydrogens (tertiary/aromatic N) is 2. The van der Waals surface area contributed by atoms with Gasteiger partial charge in [-0.1, -0.05) is 6.92 Å². The molecule has 1 fully saturated rings. The van der Waals surface area contributed by atoms with Gasteiger partial charge in [-0.3, -0.25) is 4.68 Å². The Bertz CT molecular complexity index is 524. The molecule has 6 heteroatoms. The Kier molecular flexibility index (Phi) is 4.30. The Morgan fingerprint density at radius 2 is 2.32 bits per heavy atom. The number of nitrogens with one attached hydrogen (secondary N) is 1. The first kappa shape index (κ1) is 14.5. The van der Waals surface area contributed by atoms with Crippen molar-refractivity contribution in [2.75, 3.05) is 24.6 Å². The molecule has 5 nitrogen and oxygen atoms in total. The molecule has 1 aromatic rings. The van der Waals surface area contributed by atoms with Crippen LogP contribution in [-0.4, -0.2) is 42.8 Å². The van der Waals surface area contributed by atoms with Crippen LogP contribution >= 0.6 is 0 Å². The van der Waals surface area contributed by atoms with Gasteiger partial charge in [0.25, 0.3) is 0 Å². The number of rotatable bonds is 6. The highest BCUT2D eigenvalue weighted by Crippen LogP contribution is 2.30. The Morgan fingerprint density at radius 1 is 1.53 bits per heavy atom. The van der Waals surface area contributed by atoms with Gasteiger partial charge in [0.1, 0.15) is 0 Å². The standard InChI is InChI=1S/C13H23N3O2S/c1-3-14-7-4-5-12-9-15-16(10-12)13(2)6-8-19(17,18)11-13/h9-10,14H,3-8,11H2,1-2H3. The zero-order chi connectivity index (χ0) is 13.9. The van der Waals surface area contributed by atoms with E-state index in [1.54, 1.807) is 0 Å². The van der Waals surface area contributed by atoms with Crippen molar-refractivity contribution in [3.63, 3.8) is 0 Å². The zero-order valence-corrected chi connectivity index (χ0v) is 12.5. The minimum absolute atomic E-state index is 0.207. The lowest BCUT2D eigenvalue weighted by molar-refractivity contribution is 0.328. The van der Waals surface area contributed by atoms with Crippen molar-refractivity contribution in [2.24, 2.45) is 0 Å². The average Bonchev–Trinajstić information content (AvgIpc) is 2.91. The van der Waals surface area contributed by atoms with E-state index in [-0.39, 0.29) is 17.0 Å². The highest BCUT2D eigenvalue weighted by molar-refractivity contribution is 7.91. The molecule has 0 radical (unpaired) electrons. The smallest absolute Gasteiger partial charge is 0.152 e. The van der Waals surface area contributed by atoms with E-state index in [4.69, 9.17) is 0 Å². The maximum absolute atomic E-state index is 11.6. The summed E-state index contributed by atoms with van der Waals surface area (Å²) in [5.74, 6) is 0.484. The summed E-state index contributed by atoms with van der Waals surface area (Å²) in [5.41, 5.74) is 0.821. The van der Waals surface area contributed by atoms with Gasteiger partial charge in [0.05, 0.1) is 23.2 Å². The summed E-state index contributed by atoms with van der Waals surface area (Å²) in [6.45, 7) is 6.08. The molecule has 1 atom stereocenters. The molecule has 0 aromatic carbocycles. The lowest BCUT2D eigenvalue weighted by Gasteiger charge is -2.22. The van der Waals surface area contributed by atoms with E-state index < -0.39 is 9.84 Å². The second kappa shape index (κ2) is 5.63. The van der Waals surface area contributed by atoms with Crippen molar-refractivity contribution >= 4 is 9.84 Å². The van der Waals surface area contributed by atoms with Crippen LogP contribution in [0.1, 0.15) is 32.3 Å². The third kappa shape index (κ3) is 3.57. The first-order valence-corrected chi connectivity index (χ1v) is 8.72. The molecular weight excluding hydrogens is 262 g/mol. The van der Waals surface area contributed by atoms with Crippen LogP contribution in [0.25, 0.3) is 0 Å². The van der Waals surface area contributed by atoms with Gasteiger partial charge in [-0.15, -0.1) is 0 Å². The molecule has 0 spiro atoms. The molecule has 1 N–H and O–H groups in total. The summed E-state index contributed by atoms with van der Waals surface area (Å²) in [7, 11) is -2.89. The molecule has 2 heterocycles. The van der Waals surface area contributed by atoms with Gasteiger partial charge in [0, 0.05) is 6.20 Å². The molecule has 1 unspecified atom stereocenters. The zero-order valence-electron chi connectivity index (χ0n) is 11.7. The van der Waals surface area contributed by atoms with Crippen molar-refractivity contribution in [3.05, 3.63) is 18.0 Å². The van der Waals surface area contributed by atoms with Crippen LogP contribution in [0.15, 0.2) is 12.4 Å². The highest BCUT2D eigenvalue weighted by Gasteiger charge is 2.40. The molecule has 1 aromatic heterocycles. The molecule has 2 rings (SSSR count). The van der Waals surface area contributed by atoms with E-state index in [0.29, 0.717) is 6.42 Å². The Balaban J connectivity index is 1.97. The van der Waals surface area contributed by atoms with Crippen molar-refractivity contribution in [1.29, 1.82) is 0 Å². The number of aromatic nitrogens is 2. The molecule has 0 saturated carbocycles. The fourth-order valence-corrected chi connectivity index (χ4v) is 4.67. The number of hydrogen-bond donors (Lipinski definition) is 1. The van der Waals surface area contributed by atoms with E-state index in [2.05, 4.69) is 17.3 Å². The second-order valence-corrected chi connectivity index (χ2v) is 7.77. The lowest BCUT2D eigenvalue weighted by Crippen LogP contribution is -2.31. The number of hydrogen-bond acceptors (Lipinski definition) is 4. The van der Waals surface area contributed by atoms with Crippen LogP contribution < -0.4 is 5.32 Å². The first-order chi connectivity index (χ1) is 8.95. The molecular formula is C13H23N3O2S. The Labute approximate surface area is 115 Å². The highest BCUT2D eigenvalue weighted by atomic mass is 32.2. The molecule has 108 valence electrons. The minimum atomic E-state index is -2.89. The molecule has 19 heavy (non-hydrogen) atoms. The van der Waals surface area contributed by atoms with Gasteiger partial charge < -0.3 is 5.32 Å². The van der Waals surface area contributed by atoms with Crippen molar-refractivity contribution in [2.45, 2.75) is 38.6 Å². The van der Waals surface area contributed by atoms with Gasteiger partial charge in [-0.2, -0.15) is 5.10 Å². The molecule has 0 bridgehead atoms. The summed E-state index contributed by atoms with van der Waals surface area (Å²) in [4.78, 5) is 0. The van der Waals surface area contributed by atoms with E-state index in [0.717, 1.165) is 25.9 Å². The van der Waals surface area contributed by atoms with Gasteiger partial charge in [0.15, 0.2) is 9.84 Å². The van der Waals surface area contributed by atoms with Gasteiger partial charge >= 0.3 is 0 Å². The van der Waals surface area contributed by atoms with Crippen molar-refractivity contribution in [3.8, 4) is 0 Å². The van der Waals surface area contributed by atoms with Gasteiger partial charge in [-0.25, -0.2) is 8.42 Å². The molecule has 0 aliphatic carbocycles. The number of aryl methyl sites for hydroxylation is 1. The molecule has 1 aliphatic rings. The fraction of sp³-hybridized carbons (Fsp3) is 0.769. The van der Waals surface area contributed by atoms with Crippen LogP contribution in [0.4, 0.5) is 0 Å². The SMILES string of the molecule is CCNCCCc1cnn(C2(C)CCS(=O)(=O)C2)c1. The predicted octanol–water partition coefficient (Wildman–Crippen LogP) is 0.959. The topological polar surface area (TPSA) is 64.0 Å². The fourth-order valence-electron chi connectivity index (χ4n) is 2.55. The largest absolute Gasteiger partial charge is 0.317 e. The molecule has 1 aliphatic heterocycles. The molecule has 1 saturated heterocycles. The van der Waals surface area contributed by atoms with E-state index >= 15 is 0 Å². The third-order valence-corrected chi connectivity index (χ3v) is 5.63. The van der Waals surface area contributed by atoms with Crippen LogP contribution in [0.2, 0.25) is 0 Å². The monoisotopic (exact) mass is 285 g/mol. The minimum Gasteiger partial charge on any atom is -0.317 e. The number of sulfone groups is 1. The lowest BCUT2D eigenvalue weighted by atomic mass is 10.0. The van der Waals surface area contributed by atoms with Crippen LogP contribution in [0.5, 0.6) is 0 Å². The third-order valence-electron chi connectivity index (χ3n) is 3.74. The maximum Gasteiger partial charge on any atom is 0.152 e. The summed E-state index contributed by atoms with van der Waals surface area (Å²) in [6, 6.07) is 0. The van der Waals surface area contributed by atoms with Crippen LogP contribution in [-0.2, 0) is 21.8 Å². The molecule has 0 amide bonds. The van der Waals surface area contributed by atoms with Gasteiger partial charge in [0.2, 0.25) is 0 Å². The van der Waals surface area contributed by atoms with E-state index in [1.165, 1.54) is 5.56 Å². The van der Waals surface area contributed by atoms with Crippen molar-refractivity contribution in [1.82, 2.24) is 15.1 Å². The van der Waals surface area contributed by atoms with E-state index in [1.807, 2.05) is 24.0 Å². The summed E-state index contributed by atoms with van der Waals surface area (Å²) in [6.07, 6.45) is 6.59. The summed E-state index contributed by atoms with van der Waals surface area (Å²) < 4.78 is 25.1. The van der Waals surface area contributed by atoms with Gasteiger partial charge in [-0.05, 0) is 44.8 Å². The van der Waals surface area contributed by atoms with E-state index in [9.17, 15) is 8.42 Å². The predicted molar refractivity (Wildman–Crippen MR) is 76.0 cm³/mol. The maximum atomic E-state index is 11.6. The normalized spacial score (nSPS) is 25.8. The Morgan fingerprint density at radius 3 is 2.95 bits per heavy atom. The second-order valence-electron chi connectivity index (χ2n) is 5.59.